The summed E-state index contributed by atoms with van der Waals surface area (Å²) in [6, 6.07) is 16.9. The highest BCUT2D eigenvalue weighted by molar-refractivity contribution is 8.14. The SMILES string of the molecule is NCCCN(Cc1ccccc1)C(=O)c1cccc(CN2C(=O)CSC2=O)c1. The average Bonchev–Trinajstić information content (AvgIpc) is 3.03. The summed E-state index contributed by atoms with van der Waals surface area (Å²) < 4.78 is 0. The van der Waals surface area contributed by atoms with Crippen molar-refractivity contribution in [3.63, 3.8) is 0 Å². The monoisotopic (exact) mass is 397 g/mol. The third kappa shape index (κ3) is 4.99. The fourth-order valence-electron chi connectivity index (χ4n) is 3.04. The Morgan fingerprint density at radius 1 is 1.07 bits per heavy atom. The summed E-state index contributed by atoms with van der Waals surface area (Å²) in [5.41, 5.74) is 7.99. The van der Waals surface area contributed by atoms with Gasteiger partial charge in [0.15, 0.2) is 0 Å². The number of carbonyl (C=O) groups is 3. The second-order valence-electron chi connectivity index (χ2n) is 6.59. The molecular formula is C21H23N3O3S. The zero-order chi connectivity index (χ0) is 19.9. The summed E-state index contributed by atoms with van der Waals surface area (Å²) in [5.74, 6) is -0.102. The van der Waals surface area contributed by atoms with Crippen LogP contribution in [0.25, 0.3) is 0 Å². The Bertz CT molecular complexity index is 841. The van der Waals surface area contributed by atoms with E-state index in [-0.39, 0.29) is 29.4 Å². The number of amides is 3. The third-order valence-corrected chi connectivity index (χ3v) is 5.35. The van der Waals surface area contributed by atoms with Gasteiger partial charge < -0.3 is 10.6 Å². The molecule has 3 amide bonds. The van der Waals surface area contributed by atoms with E-state index in [1.54, 1.807) is 23.1 Å². The fourth-order valence-corrected chi connectivity index (χ4v) is 3.77. The highest BCUT2D eigenvalue weighted by Gasteiger charge is 2.30. The second-order valence-corrected chi connectivity index (χ2v) is 7.52. The number of hydrogen-bond acceptors (Lipinski definition) is 5. The lowest BCUT2D eigenvalue weighted by Crippen LogP contribution is -2.33. The maximum atomic E-state index is 13.1. The molecule has 1 aliphatic rings. The first-order valence-corrected chi connectivity index (χ1v) is 10.2. The van der Waals surface area contributed by atoms with Gasteiger partial charge in [-0.25, -0.2) is 0 Å². The Kier molecular flexibility index (Phi) is 6.84. The molecule has 6 nitrogen and oxygen atoms in total. The molecule has 0 saturated carbocycles. The molecule has 0 bridgehead atoms. The molecule has 0 aromatic heterocycles. The highest BCUT2D eigenvalue weighted by Crippen LogP contribution is 2.22. The summed E-state index contributed by atoms with van der Waals surface area (Å²) in [6.45, 7) is 1.76. The minimum atomic E-state index is -0.240. The van der Waals surface area contributed by atoms with E-state index in [4.69, 9.17) is 5.73 Å². The van der Waals surface area contributed by atoms with E-state index in [9.17, 15) is 14.4 Å². The van der Waals surface area contributed by atoms with Gasteiger partial charge in [-0.1, -0.05) is 54.2 Å². The second kappa shape index (κ2) is 9.52. The normalized spacial score (nSPS) is 13.8. The van der Waals surface area contributed by atoms with Gasteiger partial charge in [0.1, 0.15) is 0 Å². The molecular weight excluding hydrogens is 374 g/mol. The van der Waals surface area contributed by atoms with Crippen LogP contribution < -0.4 is 5.73 Å². The number of rotatable bonds is 8. The van der Waals surface area contributed by atoms with Crippen LogP contribution in [-0.2, 0) is 17.9 Å². The first-order valence-electron chi connectivity index (χ1n) is 9.18. The summed E-state index contributed by atoms with van der Waals surface area (Å²) in [5, 5.41) is -0.240. The van der Waals surface area contributed by atoms with Crippen LogP contribution in [0.1, 0.15) is 27.9 Å². The Balaban J connectivity index is 1.76. The predicted molar refractivity (Wildman–Crippen MR) is 110 cm³/mol. The van der Waals surface area contributed by atoms with Gasteiger partial charge in [-0.15, -0.1) is 0 Å². The van der Waals surface area contributed by atoms with Gasteiger partial charge in [-0.2, -0.15) is 0 Å². The third-order valence-electron chi connectivity index (χ3n) is 4.49. The molecule has 2 aromatic carbocycles. The Hall–Kier alpha value is -2.64. The molecule has 3 rings (SSSR count). The van der Waals surface area contributed by atoms with Crippen molar-refractivity contribution in [1.29, 1.82) is 0 Å². The van der Waals surface area contributed by atoms with E-state index in [0.29, 0.717) is 31.6 Å². The van der Waals surface area contributed by atoms with Crippen molar-refractivity contribution in [3.05, 3.63) is 71.3 Å². The van der Waals surface area contributed by atoms with Gasteiger partial charge >= 0.3 is 0 Å². The van der Waals surface area contributed by atoms with Crippen molar-refractivity contribution >= 4 is 28.8 Å². The van der Waals surface area contributed by atoms with Crippen molar-refractivity contribution in [1.82, 2.24) is 9.80 Å². The van der Waals surface area contributed by atoms with E-state index in [1.165, 1.54) is 4.90 Å². The summed E-state index contributed by atoms with van der Waals surface area (Å²) in [6.07, 6.45) is 0.715. The van der Waals surface area contributed by atoms with Crippen LogP contribution in [0.4, 0.5) is 4.79 Å². The first-order chi connectivity index (χ1) is 13.6. The average molecular weight is 398 g/mol. The maximum absolute atomic E-state index is 13.1. The fraction of sp³-hybridized carbons (Fsp3) is 0.286. The van der Waals surface area contributed by atoms with Crippen LogP contribution in [0.2, 0.25) is 0 Å². The van der Waals surface area contributed by atoms with Crippen molar-refractivity contribution in [2.24, 2.45) is 5.73 Å². The predicted octanol–water partition coefficient (Wildman–Crippen LogP) is 2.87. The molecule has 0 spiro atoms. The minimum Gasteiger partial charge on any atom is -0.334 e. The highest BCUT2D eigenvalue weighted by atomic mass is 32.2. The largest absolute Gasteiger partial charge is 0.334 e. The van der Waals surface area contributed by atoms with E-state index in [0.717, 1.165) is 22.9 Å². The van der Waals surface area contributed by atoms with Crippen molar-refractivity contribution in [3.8, 4) is 0 Å². The molecule has 1 fully saturated rings. The Labute approximate surface area is 168 Å². The van der Waals surface area contributed by atoms with Crippen LogP contribution in [-0.4, -0.2) is 45.7 Å². The molecule has 1 heterocycles. The number of benzene rings is 2. The molecule has 0 aliphatic carbocycles. The number of imide groups is 1. The van der Waals surface area contributed by atoms with Gasteiger partial charge in [0, 0.05) is 18.7 Å². The number of nitrogens with zero attached hydrogens (tertiary/aromatic N) is 2. The topological polar surface area (TPSA) is 83.7 Å². The molecule has 0 atom stereocenters. The lowest BCUT2D eigenvalue weighted by molar-refractivity contribution is -0.125. The quantitative estimate of drug-likeness (QED) is 0.740. The smallest absolute Gasteiger partial charge is 0.289 e. The Morgan fingerprint density at radius 2 is 1.82 bits per heavy atom. The molecule has 1 aliphatic heterocycles. The van der Waals surface area contributed by atoms with E-state index < -0.39 is 0 Å². The van der Waals surface area contributed by atoms with Crippen molar-refractivity contribution in [2.75, 3.05) is 18.8 Å². The lowest BCUT2D eigenvalue weighted by Gasteiger charge is -2.23. The molecule has 1 saturated heterocycles. The van der Waals surface area contributed by atoms with Gasteiger partial charge in [0.2, 0.25) is 5.91 Å². The lowest BCUT2D eigenvalue weighted by atomic mass is 10.1. The van der Waals surface area contributed by atoms with Crippen LogP contribution in [0.15, 0.2) is 54.6 Å². The van der Waals surface area contributed by atoms with E-state index >= 15 is 0 Å². The number of carbonyl (C=O) groups excluding carboxylic acids is 3. The van der Waals surface area contributed by atoms with Crippen molar-refractivity contribution in [2.45, 2.75) is 19.5 Å². The van der Waals surface area contributed by atoms with Gasteiger partial charge in [0.25, 0.3) is 11.1 Å². The first kappa shape index (κ1) is 20.1. The number of nitrogens with two attached hydrogens (primary N) is 1. The van der Waals surface area contributed by atoms with Crippen LogP contribution in [0, 0.1) is 0 Å². The molecule has 2 N–H and O–H groups in total. The standard InChI is InChI=1S/C21H23N3O3S/c22-10-5-11-23(13-16-6-2-1-3-7-16)20(26)18-9-4-8-17(12-18)14-24-19(25)15-28-21(24)27/h1-4,6-9,12H,5,10-11,13-15,22H2. The molecule has 0 unspecified atom stereocenters. The molecule has 7 heteroatoms. The van der Waals surface area contributed by atoms with Gasteiger partial charge in [-0.05, 0) is 36.2 Å². The van der Waals surface area contributed by atoms with Gasteiger partial charge in [0.05, 0.1) is 12.3 Å². The number of thioether (sulfide) groups is 1. The summed E-state index contributed by atoms with van der Waals surface area (Å²) in [4.78, 5) is 39.8. The molecule has 2 aromatic rings. The van der Waals surface area contributed by atoms with Crippen molar-refractivity contribution < 1.29 is 14.4 Å². The zero-order valence-electron chi connectivity index (χ0n) is 15.5. The summed E-state index contributed by atoms with van der Waals surface area (Å²) >= 11 is 1.01. The summed E-state index contributed by atoms with van der Waals surface area (Å²) in [7, 11) is 0. The number of hydrogen-bond donors (Lipinski definition) is 1. The van der Waals surface area contributed by atoms with E-state index in [2.05, 4.69) is 0 Å². The van der Waals surface area contributed by atoms with Gasteiger partial charge in [-0.3, -0.25) is 19.3 Å². The van der Waals surface area contributed by atoms with Crippen LogP contribution in [0.5, 0.6) is 0 Å². The maximum Gasteiger partial charge on any atom is 0.289 e. The molecule has 28 heavy (non-hydrogen) atoms. The van der Waals surface area contributed by atoms with Crippen LogP contribution in [0.3, 0.4) is 0 Å². The Morgan fingerprint density at radius 3 is 2.50 bits per heavy atom. The molecule has 146 valence electrons. The van der Waals surface area contributed by atoms with Crippen LogP contribution >= 0.6 is 11.8 Å². The minimum absolute atomic E-state index is 0.0902. The van der Waals surface area contributed by atoms with E-state index in [1.807, 2.05) is 36.4 Å². The zero-order valence-corrected chi connectivity index (χ0v) is 16.4. The molecule has 0 radical (unpaired) electrons.